The molecule has 1 amide bonds. The number of carbonyl (C=O) groups is 2. The summed E-state index contributed by atoms with van der Waals surface area (Å²) in [4.78, 5) is 22.5. The van der Waals surface area contributed by atoms with Crippen molar-refractivity contribution < 1.29 is 24.2 Å². The molecule has 2 rings (SSSR count). The Morgan fingerprint density at radius 1 is 1.18 bits per heavy atom. The maximum atomic E-state index is 11.7. The highest BCUT2D eigenvalue weighted by Gasteiger charge is 2.12. The van der Waals surface area contributed by atoms with Crippen molar-refractivity contribution in [3.05, 3.63) is 63.6 Å². The Balaban J connectivity index is 2.08. The molecule has 0 radical (unpaired) electrons. The van der Waals surface area contributed by atoms with Gasteiger partial charge in [-0.3, -0.25) is 9.59 Å². The number of rotatable bonds is 8. The van der Waals surface area contributed by atoms with E-state index in [4.69, 9.17) is 37.8 Å². The normalized spacial score (nSPS) is 11.9. The SMILES string of the molecule is COc1cc(/C=C/C(=O)NC(C)C(=O)O)ccc1OCc1c(Cl)cccc1Cl. The van der Waals surface area contributed by atoms with E-state index in [2.05, 4.69) is 5.32 Å². The van der Waals surface area contributed by atoms with Crippen LogP contribution in [0.4, 0.5) is 0 Å². The molecule has 0 saturated heterocycles. The van der Waals surface area contributed by atoms with E-state index >= 15 is 0 Å². The van der Waals surface area contributed by atoms with E-state index in [1.807, 2.05) is 0 Å². The number of benzene rings is 2. The standard InChI is InChI=1S/C20H19Cl2NO5/c1-12(20(25)26)23-19(24)9-7-13-6-8-17(18(10-13)27-2)28-11-14-15(21)4-3-5-16(14)22/h3-10,12H,11H2,1-2H3,(H,23,24)(H,25,26)/b9-7+. The minimum absolute atomic E-state index is 0.166. The Labute approximate surface area is 172 Å². The lowest BCUT2D eigenvalue weighted by Crippen LogP contribution is -2.37. The van der Waals surface area contributed by atoms with Gasteiger partial charge in [0.15, 0.2) is 11.5 Å². The molecule has 2 aromatic carbocycles. The summed E-state index contributed by atoms with van der Waals surface area (Å²) >= 11 is 12.3. The number of halogens is 2. The molecule has 148 valence electrons. The van der Waals surface area contributed by atoms with Crippen molar-refractivity contribution in [2.24, 2.45) is 0 Å². The van der Waals surface area contributed by atoms with E-state index < -0.39 is 17.9 Å². The van der Waals surface area contributed by atoms with Crippen LogP contribution in [-0.2, 0) is 16.2 Å². The number of ether oxygens (including phenoxy) is 2. The maximum absolute atomic E-state index is 11.7. The molecule has 0 heterocycles. The fourth-order valence-corrected chi connectivity index (χ4v) is 2.73. The van der Waals surface area contributed by atoms with Gasteiger partial charge in [-0.2, -0.15) is 0 Å². The topological polar surface area (TPSA) is 84.9 Å². The molecule has 1 atom stereocenters. The summed E-state index contributed by atoms with van der Waals surface area (Å²) in [5, 5.41) is 12.1. The Morgan fingerprint density at radius 3 is 2.46 bits per heavy atom. The molecule has 0 spiro atoms. The predicted octanol–water partition coefficient (Wildman–Crippen LogP) is 4.18. The molecule has 0 bridgehead atoms. The van der Waals surface area contributed by atoms with Crippen LogP contribution in [0.1, 0.15) is 18.1 Å². The van der Waals surface area contributed by atoms with Crippen LogP contribution < -0.4 is 14.8 Å². The van der Waals surface area contributed by atoms with Gasteiger partial charge in [-0.15, -0.1) is 0 Å². The van der Waals surface area contributed by atoms with Crippen molar-refractivity contribution in [3.8, 4) is 11.5 Å². The van der Waals surface area contributed by atoms with Crippen molar-refractivity contribution in [3.63, 3.8) is 0 Å². The summed E-state index contributed by atoms with van der Waals surface area (Å²) in [5.41, 5.74) is 1.35. The van der Waals surface area contributed by atoms with Crippen LogP contribution >= 0.6 is 23.2 Å². The molecule has 0 aromatic heterocycles. The molecule has 8 heteroatoms. The average molecular weight is 424 g/mol. The van der Waals surface area contributed by atoms with E-state index in [-0.39, 0.29) is 6.61 Å². The van der Waals surface area contributed by atoms with Crippen LogP contribution in [0, 0.1) is 0 Å². The number of carboxylic acid groups (broad SMARTS) is 1. The second kappa shape index (κ2) is 10.0. The van der Waals surface area contributed by atoms with Gasteiger partial charge in [-0.05, 0) is 42.8 Å². The van der Waals surface area contributed by atoms with Crippen molar-refractivity contribution in [1.82, 2.24) is 5.32 Å². The number of amides is 1. The van der Waals surface area contributed by atoms with Crippen LogP contribution in [0.2, 0.25) is 10.0 Å². The average Bonchev–Trinajstić information content (AvgIpc) is 2.66. The highest BCUT2D eigenvalue weighted by molar-refractivity contribution is 6.35. The smallest absolute Gasteiger partial charge is 0.325 e. The monoisotopic (exact) mass is 423 g/mol. The molecule has 6 nitrogen and oxygen atoms in total. The quantitative estimate of drug-likeness (QED) is 0.621. The molecule has 28 heavy (non-hydrogen) atoms. The van der Waals surface area contributed by atoms with Crippen LogP contribution in [0.3, 0.4) is 0 Å². The fraction of sp³-hybridized carbons (Fsp3) is 0.200. The van der Waals surface area contributed by atoms with E-state index in [1.54, 1.807) is 42.5 Å². The lowest BCUT2D eigenvalue weighted by molar-refractivity contribution is -0.140. The first-order chi connectivity index (χ1) is 13.3. The summed E-state index contributed by atoms with van der Waals surface area (Å²) in [5.74, 6) is -0.671. The zero-order valence-electron chi connectivity index (χ0n) is 15.2. The van der Waals surface area contributed by atoms with Gasteiger partial charge in [0.25, 0.3) is 0 Å². The first-order valence-electron chi connectivity index (χ1n) is 8.27. The largest absolute Gasteiger partial charge is 0.493 e. The molecule has 2 N–H and O–H groups in total. The first-order valence-corrected chi connectivity index (χ1v) is 9.02. The van der Waals surface area contributed by atoms with Crippen LogP contribution in [0.25, 0.3) is 6.08 Å². The summed E-state index contributed by atoms with van der Waals surface area (Å²) in [6.07, 6.45) is 2.79. The van der Waals surface area contributed by atoms with Gasteiger partial charge in [0.1, 0.15) is 12.6 Å². The number of hydrogen-bond acceptors (Lipinski definition) is 4. The molecule has 0 aliphatic carbocycles. The molecule has 1 unspecified atom stereocenters. The van der Waals surface area contributed by atoms with E-state index in [9.17, 15) is 9.59 Å². The Morgan fingerprint density at radius 2 is 1.86 bits per heavy atom. The lowest BCUT2D eigenvalue weighted by atomic mass is 10.2. The van der Waals surface area contributed by atoms with Crippen LogP contribution in [0.15, 0.2) is 42.5 Å². The third-order valence-corrected chi connectivity index (χ3v) is 4.49. The molecular formula is C20H19Cl2NO5. The zero-order chi connectivity index (χ0) is 20.7. The molecule has 0 fully saturated rings. The fourth-order valence-electron chi connectivity index (χ4n) is 2.22. The number of hydrogen-bond donors (Lipinski definition) is 2. The predicted molar refractivity (Wildman–Crippen MR) is 108 cm³/mol. The second-order valence-electron chi connectivity index (χ2n) is 5.80. The summed E-state index contributed by atoms with van der Waals surface area (Å²) in [7, 11) is 1.50. The summed E-state index contributed by atoms with van der Waals surface area (Å²) in [6.45, 7) is 1.55. The Bertz CT molecular complexity index is 878. The Hall–Kier alpha value is -2.70. The minimum atomic E-state index is -1.11. The van der Waals surface area contributed by atoms with Crippen LogP contribution in [0.5, 0.6) is 11.5 Å². The van der Waals surface area contributed by atoms with Gasteiger partial charge < -0.3 is 19.9 Å². The van der Waals surface area contributed by atoms with E-state index in [1.165, 1.54) is 20.1 Å². The van der Waals surface area contributed by atoms with E-state index in [0.717, 1.165) is 0 Å². The van der Waals surface area contributed by atoms with Gasteiger partial charge in [-0.1, -0.05) is 35.3 Å². The molecule has 0 saturated carbocycles. The maximum Gasteiger partial charge on any atom is 0.325 e. The first kappa shape index (κ1) is 21.6. The van der Waals surface area contributed by atoms with Gasteiger partial charge in [0, 0.05) is 21.7 Å². The van der Waals surface area contributed by atoms with Gasteiger partial charge in [0.2, 0.25) is 5.91 Å². The molecule has 0 aliphatic rings. The summed E-state index contributed by atoms with van der Waals surface area (Å²) < 4.78 is 11.1. The number of carboxylic acids is 1. The van der Waals surface area contributed by atoms with E-state index in [0.29, 0.717) is 32.7 Å². The highest BCUT2D eigenvalue weighted by Crippen LogP contribution is 2.31. The minimum Gasteiger partial charge on any atom is -0.493 e. The van der Waals surface area contributed by atoms with Crippen molar-refractivity contribution in [2.75, 3.05) is 7.11 Å². The van der Waals surface area contributed by atoms with Gasteiger partial charge >= 0.3 is 5.97 Å². The zero-order valence-corrected chi connectivity index (χ0v) is 16.8. The van der Waals surface area contributed by atoms with Crippen molar-refractivity contribution >= 4 is 41.2 Å². The number of carbonyl (C=O) groups excluding carboxylic acids is 1. The molecular weight excluding hydrogens is 405 g/mol. The number of methoxy groups -OCH3 is 1. The molecule has 2 aromatic rings. The van der Waals surface area contributed by atoms with Crippen molar-refractivity contribution in [1.29, 1.82) is 0 Å². The second-order valence-corrected chi connectivity index (χ2v) is 6.62. The third-order valence-electron chi connectivity index (χ3n) is 3.78. The Kier molecular flexibility index (Phi) is 7.72. The summed E-state index contributed by atoms with van der Waals surface area (Å²) in [6, 6.07) is 9.36. The third kappa shape index (κ3) is 5.90. The van der Waals surface area contributed by atoms with Crippen LogP contribution in [-0.4, -0.2) is 30.1 Å². The number of nitrogens with one attached hydrogen (secondary N) is 1. The van der Waals surface area contributed by atoms with Gasteiger partial charge in [0.05, 0.1) is 7.11 Å². The molecule has 0 aliphatic heterocycles. The number of aliphatic carboxylic acids is 1. The highest BCUT2D eigenvalue weighted by atomic mass is 35.5. The lowest BCUT2D eigenvalue weighted by Gasteiger charge is -2.13. The van der Waals surface area contributed by atoms with Gasteiger partial charge in [-0.25, -0.2) is 0 Å². The van der Waals surface area contributed by atoms with Crippen molar-refractivity contribution in [2.45, 2.75) is 19.6 Å².